The number of aryl methyl sites for hydroxylation is 1. The summed E-state index contributed by atoms with van der Waals surface area (Å²) >= 11 is 6.20. The molecular weight excluding hydrogens is 679 g/mol. The molecule has 6 unspecified atom stereocenters. The zero-order valence-corrected chi connectivity index (χ0v) is 32.8. The number of halogens is 4. The number of carbonyl (C=O) groups excluding carboxylic acids is 1. The van der Waals surface area contributed by atoms with E-state index in [1.807, 2.05) is 19.9 Å². The molecule has 2 N–H and O–H groups in total. The third-order valence-electron chi connectivity index (χ3n) is 11.7. The van der Waals surface area contributed by atoms with Crippen molar-refractivity contribution in [1.29, 1.82) is 5.41 Å². The molecule has 1 amide bonds. The Balaban J connectivity index is 1.59. The summed E-state index contributed by atoms with van der Waals surface area (Å²) < 4.78 is 43.5. The molecule has 1 aromatic rings. The summed E-state index contributed by atoms with van der Waals surface area (Å²) in [6.45, 7) is 14.9. The quantitative estimate of drug-likeness (QED) is 0.151. The molecule has 0 aromatic heterocycles. The first-order chi connectivity index (χ1) is 24.6. The second-order valence-corrected chi connectivity index (χ2v) is 15.7. The van der Waals surface area contributed by atoms with Crippen molar-refractivity contribution in [3.63, 3.8) is 0 Å². The third kappa shape index (κ3) is 10.8. The molecule has 1 aromatic carbocycles. The Bertz CT molecular complexity index is 1690. The van der Waals surface area contributed by atoms with Crippen LogP contribution >= 0.6 is 11.6 Å². The molecule has 3 aliphatic rings. The number of hydrogen-bond acceptors (Lipinski definition) is 2. The lowest BCUT2D eigenvalue weighted by molar-refractivity contribution is -0.138. The fourth-order valence-electron chi connectivity index (χ4n) is 7.92. The van der Waals surface area contributed by atoms with Gasteiger partial charge in [0.15, 0.2) is 5.84 Å². The normalized spacial score (nSPS) is 25.5. The minimum absolute atomic E-state index is 0.00859. The maximum absolute atomic E-state index is 14.5. The van der Waals surface area contributed by atoms with Crippen LogP contribution in [0.4, 0.5) is 18.9 Å². The number of carbonyl (C=O) groups is 1. The van der Waals surface area contributed by atoms with Crippen LogP contribution in [0.1, 0.15) is 117 Å². The van der Waals surface area contributed by atoms with E-state index in [4.69, 9.17) is 17.0 Å². The van der Waals surface area contributed by atoms with Gasteiger partial charge in [-0.3, -0.25) is 10.2 Å². The van der Waals surface area contributed by atoms with Crippen LogP contribution < -0.4 is 5.32 Å². The number of unbranched alkanes of at least 4 members (excludes halogenated alkanes) is 1. The minimum atomic E-state index is -4.55. The number of amidine groups is 1. The van der Waals surface area contributed by atoms with Crippen molar-refractivity contribution in [2.45, 2.75) is 125 Å². The van der Waals surface area contributed by atoms with Gasteiger partial charge in [0.25, 0.3) is 5.91 Å². The predicted octanol–water partition coefficient (Wildman–Crippen LogP) is 12.4. The molecule has 4 rings (SSSR count). The lowest BCUT2D eigenvalue weighted by atomic mass is 9.73. The summed E-state index contributed by atoms with van der Waals surface area (Å²) in [4.78, 5) is 15.5. The van der Waals surface area contributed by atoms with Crippen LogP contribution in [0.3, 0.4) is 0 Å². The van der Waals surface area contributed by atoms with E-state index in [1.54, 1.807) is 35.4 Å². The molecule has 0 spiro atoms. The van der Waals surface area contributed by atoms with Crippen LogP contribution in [0.5, 0.6) is 0 Å². The number of alkyl halides is 3. The first-order valence-corrected chi connectivity index (χ1v) is 19.6. The summed E-state index contributed by atoms with van der Waals surface area (Å²) in [7, 11) is 0. The SMILES string of the molecule is CCCCC1=C(C#CC(=N)N2C=C(Cl)C=CC2C)C=C(C(=O)Nc2ccc(CCC3CCC(C)C(CC)CCC3C)c(C(F)(F)F)c2)C=C(C)C1C. The highest BCUT2D eigenvalue weighted by Gasteiger charge is 2.34. The summed E-state index contributed by atoms with van der Waals surface area (Å²) in [6.07, 6.45) is 13.8. The molecule has 0 saturated heterocycles. The molecule has 1 saturated carbocycles. The zero-order valence-electron chi connectivity index (χ0n) is 32.0. The second-order valence-electron chi connectivity index (χ2n) is 15.3. The molecule has 6 atom stereocenters. The van der Waals surface area contributed by atoms with Gasteiger partial charge in [-0.2, -0.15) is 13.2 Å². The zero-order chi connectivity index (χ0) is 38.2. The largest absolute Gasteiger partial charge is 0.416 e. The lowest BCUT2D eigenvalue weighted by Crippen LogP contribution is -2.33. The number of nitrogens with one attached hydrogen (secondary N) is 2. The molecule has 52 heavy (non-hydrogen) atoms. The molecule has 0 radical (unpaired) electrons. The number of anilines is 1. The van der Waals surface area contributed by atoms with Gasteiger partial charge in [0, 0.05) is 23.0 Å². The molecule has 1 heterocycles. The smallest absolute Gasteiger partial charge is 0.322 e. The molecule has 1 aliphatic heterocycles. The van der Waals surface area contributed by atoms with E-state index in [0.29, 0.717) is 40.4 Å². The maximum Gasteiger partial charge on any atom is 0.416 e. The maximum atomic E-state index is 14.5. The van der Waals surface area contributed by atoms with E-state index in [1.165, 1.54) is 18.9 Å². The van der Waals surface area contributed by atoms with E-state index in [9.17, 15) is 18.0 Å². The van der Waals surface area contributed by atoms with Gasteiger partial charge in [-0.15, -0.1) is 0 Å². The Morgan fingerprint density at radius 1 is 1.02 bits per heavy atom. The fourth-order valence-corrected chi connectivity index (χ4v) is 8.10. The highest BCUT2D eigenvalue weighted by atomic mass is 35.5. The van der Waals surface area contributed by atoms with E-state index in [-0.39, 0.29) is 29.0 Å². The van der Waals surface area contributed by atoms with Gasteiger partial charge < -0.3 is 10.2 Å². The van der Waals surface area contributed by atoms with Gasteiger partial charge in [0.05, 0.1) is 16.6 Å². The second kappa shape index (κ2) is 18.5. The standard InChI is InChI=1S/C44H57ClF3N3O/c1-8-10-11-40-32(7)30(5)24-37(25-36(40)20-23-42(49)51-27-38(45)21-14-31(51)6)43(52)50-39-22-19-35(41(26-39)44(46,47)48)18-17-34-16-13-28(3)33(9-2)15-12-29(34)4/h14,19,21-22,24-29,31-34,49H,8-13,15-18H2,1-7H3,(H,50,52). The number of rotatable bonds is 9. The van der Waals surface area contributed by atoms with Crippen molar-refractivity contribution in [2.75, 3.05) is 5.32 Å². The molecule has 8 heteroatoms. The number of nitrogens with zero attached hydrogens (tertiary/aromatic N) is 1. The van der Waals surface area contributed by atoms with Crippen LogP contribution in [0, 0.1) is 46.8 Å². The van der Waals surface area contributed by atoms with Gasteiger partial charge in [0.2, 0.25) is 0 Å². The topological polar surface area (TPSA) is 56.2 Å². The van der Waals surface area contributed by atoms with Gasteiger partial charge in [-0.25, -0.2) is 0 Å². The average molecular weight is 736 g/mol. The third-order valence-corrected chi connectivity index (χ3v) is 11.9. The number of amides is 1. The van der Waals surface area contributed by atoms with E-state index >= 15 is 0 Å². The average Bonchev–Trinajstić information content (AvgIpc) is 3.21. The molecule has 2 aliphatic carbocycles. The Kier molecular flexibility index (Phi) is 14.7. The van der Waals surface area contributed by atoms with Gasteiger partial charge in [-0.1, -0.05) is 95.5 Å². The number of allylic oxidation sites excluding steroid dienone is 6. The molecular formula is C44H57ClF3N3O. The Labute approximate surface area is 315 Å². The lowest BCUT2D eigenvalue weighted by Gasteiger charge is -2.33. The summed E-state index contributed by atoms with van der Waals surface area (Å²) in [5, 5.41) is 11.9. The van der Waals surface area contributed by atoms with Gasteiger partial charge >= 0.3 is 6.18 Å². The van der Waals surface area contributed by atoms with Crippen molar-refractivity contribution in [3.05, 3.63) is 87.2 Å². The summed E-state index contributed by atoms with van der Waals surface area (Å²) in [5.74, 6) is 7.96. The van der Waals surface area contributed by atoms with Crippen molar-refractivity contribution in [2.24, 2.45) is 29.6 Å². The Morgan fingerprint density at radius 3 is 2.38 bits per heavy atom. The van der Waals surface area contributed by atoms with E-state index in [0.717, 1.165) is 68.1 Å². The van der Waals surface area contributed by atoms with E-state index < -0.39 is 17.6 Å². The van der Waals surface area contributed by atoms with Gasteiger partial charge in [0.1, 0.15) is 0 Å². The van der Waals surface area contributed by atoms with Crippen molar-refractivity contribution in [3.8, 4) is 11.8 Å². The van der Waals surface area contributed by atoms with Crippen LogP contribution in [-0.4, -0.2) is 22.7 Å². The number of hydrogen-bond donors (Lipinski definition) is 2. The van der Waals surface area contributed by atoms with Crippen LogP contribution in [0.2, 0.25) is 0 Å². The highest BCUT2D eigenvalue weighted by molar-refractivity contribution is 6.31. The van der Waals surface area contributed by atoms with Crippen LogP contribution in [0.25, 0.3) is 0 Å². The number of benzene rings is 1. The predicted molar refractivity (Wildman–Crippen MR) is 210 cm³/mol. The molecule has 282 valence electrons. The van der Waals surface area contributed by atoms with Crippen LogP contribution in [-0.2, 0) is 17.4 Å². The first-order valence-electron chi connectivity index (χ1n) is 19.2. The highest BCUT2D eigenvalue weighted by Crippen LogP contribution is 2.39. The molecule has 1 fully saturated rings. The molecule has 0 bridgehead atoms. The Hall–Kier alpha value is -3.50. The van der Waals surface area contributed by atoms with Gasteiger partial charge in [-0.05, 0) is 129 Å². The fraction of sp³-hybridized carbons (Fsp3) is 0.545. The summed E-state index contributed by atoms with van der Waals surface area (Å²) in [6, 6.07) is 4.11. The van der Waals surface area contributed by atoms with E-state index in [2.05, 4.69) is 51.8 Å². The Morgan fingerprint density at radius 2 is 1.71 bits per heavy atom. The molecule has 4 nitrogen and oxygen atoms in total. The van der Waals surface area contributed by atoms with Crippen molar-refractivity contribution in [1.82, 2.24) is 4.90 Å². The monoisotopic (exact) mass is 735 g/mol. The van der Waals surface area contributed by atoms with Crippen molar-refractivity contribution < 1.29 is 18.0 Å². The first kappa shape index (κ1) is 41.3. The minimum Gasteiger partial charge on any atom is -0.322 e. The van der Waals surface area contributed by atoms with Crippen LogP contribution in [0.15, 0.2) is 76.0 Å². The van der Waals surface area contributed by atoms with Crippen molar-refractivity contribution >= 4 is 29.0 Å². The summed E-state index contributed by atoms with van der Waals surface area (Å²) in [5.41, 5.74) is 2.66.